The second-order valence-electron chi connectivity index (χ2n) is 3.08. The van der Waals surface area contributed by atoms with Crippen molar-refractivity contribution in [1.29, 1.82) is 0 Å². The Labute approximate surface area is 87.0 Å². The molecule has 0 fully saturated rings. The van der Waals surface area contributed by atoms with Gasteiger partial charge in [0.2, 0.25) is 0 Å². The molecule has 0 spiro atoms. The molecule has 0 saturated carbocycles. The molecule has 1 aromatic carbocycles. The van der Waals surface area contributed by atoms with Crippen LogP contribution >= 0.6 is 11.8 Å². The van der Waals surface area contributed by atoms with Gasteiger partial charge in [0.15, 0.2) is 0 Å². The number of cyclic esters (lactones) is 1. The molecule has 0 radical (unpaired) electrons. The minimum atomic E-state index is -0.309. The van der Waals surface area contributed by atoms with Gasteiger partial charge in [0.25, 0.3) is 0 Å². The topological polar surface area (TPSA) is 26.3 Å². The van der Waals surface area contributed by atoms with Crippen LogP contribution in [0.25, 0.3) is 5.57 Å². The largest absolute Gasteiger partial charge is 0.457 e. The fourth-order valence-corrected chi connectivity index (χ4v) is 1.87. The van der Waals surface area contributed by atoms with E-state index in [1.54, 1.807) is 11.8 Å². The molecule has 72 valence electrons. The number of hydrogen-bond acceptors (Lipinski definition) is 3. The molecule has 0 unspecified atom stereocenters. The van der Waals surface area contributed by atoms with E-state index >= 15 is 0 Å². The summed E-state index contributed by atoms with van der Waals surface area (Å²) >= 11 is 1.65. The number of carbonyl (C=O) groups is 1. The number of fused-ring (bicyclic) bond motifs is 1. The third kappa shape index (κ3) is 1.44. The first-order chi connectivity index (χ1) is 6.72. The first kappa shape index (κ1) is 9.34. The standard InChI is InChI=1S/C11H10O2S/c1-7-10-5-9(14-2)4-3-8(10)6-13-11(7)12/h3-5H,1,6H2,2H3. The molecule has 2 nitrogen and oxygen atoms in total. The van der Waals surface area contributed by atoms with E-state index in [9.17, 15) is 4.79 Å². The van der Waals surface area contributed by atoms with Crippen molar-refractivity contribution >= 4 is 23.3 Å². The van der Waals surface area contributed by atoms with Crippen LogP contribution in [-0.2, 0) is 16.1 Å². The van der Waals surface area contributed by atoms with Crippen molar-refractivity contribution < 1.29 is 9.53 Å². The summed E-state index contributed by atoms with van der Waals surface area (Å²) in [5.41, 5.74) is 2.42. The molecule has 0 aromatic heterocycles. The van der Waals surface area contributed by atoms with Crippen molar-refractivity contribution in [1.82, 2.24) is 0 Å². The maximum absolute atomic E-state index is 11.2. The van der Waals surface area contributed by atoms with Crippen LogP contribution in [0.5, 0.6) is 0 Å². The van der Waals surface area contributed by atoms with E-state index in [1.165, 1.54) is 0 Å². The summed E-state index contributed by atoms with van der Waals surface area (Å²) in [6, 6.07) is 6.00. The van der Waals surface area contributed by atoms with E-state index in [0.29, 0.717) is 12.2 Å². The summed E-state index contributed by atoms with van der Waals surface area (Å²) in [6.07, 6.45) is 2.01. The third-order valence-electron chi connectivity index (χ3n) is 2.25. The Hall–Kier alpha value is -1.22. The van der Waals surface area contributed by atoms with E-state index in [4.69, 9.17) is 4.74 Å². The Morgan fingerprint density at radius 3 is 3.00 bits per heavy atom. The minimum Gasteiger partial charge on any atom is -0.457 e. The lowest BCUT2D eigenvalue weighted by Crippen LogP contribution is -2.14. The van der Waals surface area contributed by atoms with E-state index < -0.39 is 0 Å². The lowest BCUT2D eigenvalue weighted by Gasteiger charge is -2.18. The van der Waals surface area contributed by atoms with E-state index in [-0.39, 0.29) is 5.97 Å². The fraction of sp³-hybridized carbons (Fsp3) is 0.182. The lowest BCUT2D eigenvalue weighted by atomic mass is 9.99. The number of rotatable bonds is 1. The SMILES string of the molecule is C=C1C(=O)OCc2ccc(SC)cc21. The maximum Gasteiger partial charge on any atom is 0.338 e. The predicted molar refractivity (Wildman–Crippen MR) is 57.1 cm³/mol. The van der Waals surface area contributed by atoms with Crippen molar-refractivity contribution in [2.45, 2.75) is 11.5 Å². The number of esters is 1. The average Bonchev–Trinajstić information content (AvgIpc) is 2.23. The van der Waals surface area contributed by atoms with Crippen molar-refractivity contribution in [2.75, 3.05) is 6.26 Å². The Morgan fingerprint density at radius 2 is 2.29 bits per heavy atom. The van der Waals surface area contributed by atoms with E-state index in [0.717, 1.165) is 16.0 Å². The van der Waals surface area contributed by atoms with E-state index in [1.807, 2.05) is 24.5 Å². The predicted octanol–water partition coefficient (Wildman–Crippen LogP) is 2.48. The van der Waals surface area contributed by atoms with Crippen LogP contribution in [0.15, 0.2) is 29.7 Å². The first-order valence-corrected chi connectivity index (χ1v) is 5.48. The highest BCUT2D eigenvalue weighted by atomic mass is 32.2. The average molecular weight is 206 g/mol. The highest BCUT2D eigenvalue weighted by molar-refractivity contribution is 7.98. The van der Waals surface area contributed by atoms with Crippen molar-refractivity contribution in [3.8, 4) is 0 Å². The number of carbonyl (C=O) groups excluding carboxylic acids is 1. The van der Waals surface area contributed by atoms with Gasteiger partial charge in [-0.15, -0.1) is 11.8 Å². The van der Waals surface area contributed by atoms with Gasteiger partial charge in [-0.2, -0.15) is 0 Å². The van der Waals surface area contributed by atoms with Crippen LogP contribution in [0.1, 0.15) is 11.1 Å². The molecule has 3 heteroatoms. The molecule has 1 aliphatic heterocycles. The zero-order valence-electron chi connectivity index (χ0n) is 7.87. The smallest absolute Gasteiger partial charge is 0.338 e. The molecule has 1 aromatic rings. The zero-order valence-corrected chi connectivity index (χ0v) is 8.69. The van der Waals surface area contributed by atoms with Gasteiger partial charge in [-0.1, -0.05) is 12.6 Å². The number of ether oxygens (including phenoxy) is 1. The molecule has 1 aliphatic rings. The molecule has 0 saturated heterocycles. The molecule has 1 heterocycles. The van der Waals surface area contributed by atoms with Gasteiger partial charge < -0.3 is 4.74 Å². The Balaban J connectivity index is 2.51. The van der Waals surface area contributed by atoms with Crippen LogP contribution in [0.4, 0.5) is 0 Å². The molecular weight excluding hydrogens is 196 g/mol. The molecule has 0 aliphatic carbocycles. The monoisotopic (exact) mass is 206 g/mol. The summed E-state index contributed by atoms with van der Waals surface area (Å²) < 4.78 is 4.94. The van der Waals surface area contributed by atoms with Crippen molar-refractivity contribution in [3.05, 3.63) is 35.9 Å². The van der Waals surface area contributed by atoms with Crippen molar-refractivity contribution in [3.63, 3.8) is 0 Å². The summed E-state index contributed by atoms with van der Waals surface area (Å²) in [7, 11) is 0. The molecule has 2 rings (SSSR count). The molecule has 14 heavy (non-hydrogen) atoms. The molecule has 0 atom stereocenters. The van der Waals surface area contributed by atoms with Gasteiger partial charge in [0.05, 0.1) is 5.57 Å². The molecular formula is C11H10O2S. The number of benzene rings is 1. The fourth-order valence-electron chi connectivity index (χ4n) is 1.43. The highest BCUT2D eigenvalue weighted by Gasteiger charge is 2.20. The van der Waals surface area contributed by atoms with Gasteiger partial charge in [0, 0.05) is 4.90 Å². The normalized spacial score (nSPS) is 14.9. The third-order valence-corrected chi connectivity index (χ3v) is 2.97. The van der Waals surface area contributed by atoms with Crippen LogP contribution < -0.4 is 0 Å². The van der Waals surface area contributed by atoms with Crippen LogP contribution in [0.2, 0.25) is 0 Å². The Kier molecular flexibility index (Phi) is 2.33. The Morgan fingerprint density at radius 1 is 1.50 bits per heavy atom. The van der Waals surface area contributed by atoms with Gasteiger partial charge in [-0.3, -0.25) is 0 Å². The molecule has 0 N–H and O–H groups in total. The number of thioether (sulfide) groups is 1. The van der Waals surface area contributed by atoms with Crippen molar-refractivity contribution in [2.24, 2.45) is 0 Å². The summed E-state index contributed by atoms with van der Waals surface area (Å²) in [6.45, 7) is 4.09. The van der Waals surface area contributed by atoms with Crippen LogP contribution in [0.3, 0.4) is 0 Å². The minimum absolute atomic E-state index is 0.309. The summed E-state index contributed by atoms with van der Waals surface area (Å²) in [5, 5.41) is 0. The highest BCUT2D eigenvalue weighted by Crippen LogP contribution is 2.28. The maximum atomic E-state index is 11.2. The lowest BCUT2D eigenvalue weighted by molar-refractivity contribution is -0.138. The van der Waals surface area contributed by atoms with Crippen LogP contribution in [0, 0.1) is 0 Å². The van der Waals surface area contributed by atoms with Gasteiger partial charge in [0.1, 0.15) is 6.61 Å². The van der Waals surface area contributed by atoms with E-state index in [2.05, 4.69) is 6.58 Å². The zero-order chi connectivity index (χ0) is 10.1. The Bertz CT molecular complexity index is 410. The molecule has 0 bridgehead atoms. The second-order valence-corrected chi connectivity index (χ2v) is 3.96. The summed E-state index contributed by atoms with van der Waals surface area (Å²) in [4.78, 5) is 12.4. The van der Waals surface area contributed by atoms with Gasteiger partial charge in [-0.05, 0) is 29.5 Å². The number of hydrogen-bond donors (Lipinski definition) is 0. The van der Waals surface area contributed by atoms with Gasteiger partial charge >= 0.3 is 5.97 Å². The second kappa shape index (κ2) is 3.50. The quantitative estimate of drug-likeness (QED) is 0.401. The first-order valence-electron chi connectivity index (χ1n) is 4.25. The van der Waals surface area contributed by atoms with Crippen LogP contribution in [-0.4, -0.2) is 12.2 Å². The summed E-state index contributed by atoms with van der Waals surface area (Å²) in [5.74, 6) is -0.309. The molecule has 0 amide bonds. The van der Waals surface area contributed by atoms with Gasteiger partial charge in [-0.25, -0.2) is 4.79 Å².